The lowest BCUT2D eigenvalue weighted by Gasteiger charge is -2.09. The first kappa shape index (κ1) is 19.1. The summed E-state index contributed by atoms with van der Waals surface area (Å²) >= 11 is 0. The van der Waals surface area contributed by atoms with E-state index in [-0.39, 0.29) is 23.8 Å². The molecule has 0 aliphatic heterocycles. The lowest BCUT2D eigenvalue weighted by Crippen LogP contribution is -2.14. The van der Waals surface area contributed by atoms with Crippen LogP contribution in [0.25, 0.3) is 11.4 Å². The molecule has 0 fully saturated rings. The fourth-order valence-corrected chi connectivity index (χ4v) is 2.06. The number of ether oxygens (including phenoxy) is 2. The zero-order valence-corrected chi connectivity index (χ0v) is 14.2. The van der Waals surface area contributed by atoms with Crippen LogP contribution in [0.4, 0.5) is 23.8 Å². The van der Waals surface area contributed by atoms with Crippen LogP contribution in [0.2, 0.25) is 0 Å². The summed E-state index contributed by atoms with van der Waals surface area (Å²) in [7, 11) is 1.48. The van der Waals surface area contributed by atoms with E-state index in [1.807, 2.05) is 0 Å². The predicted molar refractivity (Wildman–Crippen MR) is 87.1 cm³/mol. The molecular weight excluding hydrogens is 383 g/mol. The average Bonchev–Trinajstić information content (AvgIpc) is 3.18. The number of hydrogen-bond acceptors (Lipinski definition) is 8. The lowest BCUT2D eigenvalue weighted by molar-refractivity contribution is -0.159. The Kier molecular flexibility index (Phi) is 5.38. The van der Waals surface area contributed by atoms with Crippen molar-refractivity contribution in [2.75, 3.05) is 12.4 Å². The van der Waals surface area contributed by atoms with Crippen LogP contribution in [-0.2, 0) is 17.5 Å². The van der Waals surface area contributed by atoms with E-state index in [0.29, 0.717) is 11.3 Å². The molecule has 146 valence electrons. The van der Waals surface area contributed by atoms with Crippen molar-refractivity contribution in [3.8, 4) is 17.1 Å². The number of rotatable bonds is 5. The van der Waals surface area contributed by atoms with Gasteiger partial charge in [-0.1, -0.05) is 5.16 Å². The Labute approximate surface area is 155 Å². The minimum Gasteiger partial charge on any atom is -0.496 e. The SMILES string of the molecule is COc1ccncc1COC(=O)Nc1ccc(-c2noc(C(F)(F)F)n2)cn1. The Morgan fingerprint density at radius 2 is 2.07 bits per heavy atom. The van der Waals surface area contributed by atoms with Gasteiger partial charge in [-0.3, -0.25) is 10.3 Å². The van der Waals surface area contributed by atoms with E-state index in [0.717, 1.165) is 0 Å². The quantitative estimate of drug-likeness (QED) is 0.700. The average molecular weight is 395 g/mol. The van der Waals surface area contributed by atoms with Crippen LogP contribution in [0.3, 0.4) is 0 Å². The second kappa shape index (κ2) is 7.90. The molecule has 1 N–H and O–H groups in total. The van der Waals surface area contributed by atoms with Gasteiger partial charge in [0.15, 0.2) is 0 Å². The van der Waals surface area contributed by atoms with Crippen LogP contribution < -0.4 is 10.1 Å². The molecule has 0 aliphatic carbocycles. The van der Waals surface area contributed by atoms with E-state index in [1.54, 1.807) is 6.07 Å². The van der Waals surface area contributed by atoms with E-state index in [2.05, 4.69) is 29.9 Å². The molecule has 0 radical (unpaired) electrons. The number of pyridine rings is 2. The number of methoxy groups -OCH3 is 1. The first-order valence-electron chi connectivity index (χ1n) is 7.65. The van der Waals surface area contributed by atoms with Crippen molar-refractivity contribution >= 4 is 11.9 Å². The van der Waals surface area contributed by atoms with Gasteiger partial charge >= 0.3 is 18.2 Å². The molecule has 0 saturated carbocycles. The number of carbonyl (C=O) groups excluding carboxylic acids is 1. The topological polar surface area (TPSA) is 112 Å². The van der Waals surface area contributed by atoms with Gasteiger partial charge in [0.2, 0.25) is 5.82 Å². The molecule has 28 heavy (non-hydrogen) atoms. The zero-order chi connectivity index (χ0) is 20.1. The highest BCUT2D eigenvalue weighted by atomic mass is 19.4. The number of hydrogen-bond donors (Lipinski definition) is 1. The Morgan fingerprint density at radius 3 is 2.71 bits per heavy atom. The molecule has 3 aromatic rings. The predicted octanol–water partition coefficient (Wildman–Crippen LogP) is 3.30. The highest BCUT2D eigenvalue weighted by molar-refractivity contribution is 5.83. The maximum Gasteiger partial charge on any atom is 0.471 e. The minimum atomic E-state index is -4.74. The van der Waals surface area contributed by atoms with Gasteiger partial charge in [-0.2, -0.15) is 18.2 Å². The van der Waals surface area contributed by atoms with E-state index in [9.17, 15) is 18.0 Å². The molecule has 3 rings (SSSR count). The maximum atomic E-state index is 12.5. The Bertz CT molecular complexity index is 959. The Hall–Kier alpha value is -3.70. The molecule has 0 bridgehead atoms. The van der Waals surface area contributed by atoms with Crippen LogP contribution in [-0.4, -0.2) is 33.3 Å². The van der Waals surface area contributed by atoms with Crippen LogP contribution in [0.1, 0.15) is 11.5 Å². The molecule has 0 saturated heterocycles. The van der Waals surface area contributed by atoms with Crippen LogP contribution in [0.15, 0.2) is 41.3 Å². The summed E-state index contributed by atoms with van der Waals surface area (Å²) in [4.78, 5) is 22.9. The normalized spacial score (nSPS) is 11.1. The molecule has 0 aromatic carbocycles. The van der Waals surface area contributed by atoms with Crippen LogP contribution >= 0.6 is 0 Å². The summed E-state index contributed by atoms with van der Waals surface area (Å²) < 4.78 is 51.8. The van der Waals surface area contributed by atoms with E-state index in [1.165, 1.54) is 37.8 Å². The Balaban J connectivity index is 1.59. The first-order chi connectivity index (χ1) is 13.4. The number of anilines is 1. The standard InChI is InChI=1S/C16H12F3N5O4/c1-26-11-4-5-20-6-10(11)8-27-15(25)22-12-3-2-9(7-21-12)13-23-14(28-24-13)16(17,18)19/h2-7H,8H2,1H3,(H,21,22,25). The number of amides is 1. The van der Waals surface area contributed by atoms with Gasteiger partial charge < -0.3 is 14.0 Å². The van der Waals surface area contributed by atoms with Gasteiger partial charge in [0.25, 0.3) is 0 Å². The second-order valence-corrected chi connectivity index (χ2v) is 5.24. The summed E-state index contributed by atoms with van der Waals surface area (Å²) in [5, 5.41) is 5.63. The monoisotopic (exact) mass is 395 g/mol. The van der Waals surface area contributed by atoms with Gasteiger partial charge in [-0.15, -0.1) is 0 Å². The van der Waals surface area contributed by atoms with Gasteiger partial charge in [0.05, 0.1) is 7.11 Å². The highest BCUT2D eigenvalue weighted by Gasteiger charge is 2.38. The van der Waals surface area contributed by atoms with Crippen molar-refractivity contribution in [1.29, 1.82) is 0 Å². The summed E-state index contributed by atoms with van der Waals surface area (Å²) in [6, 6.07) is 4.35. The Morgan fingerprint density at radius 1 is 1.25 bits per heavy atom. The van der Waals surface area contributed by atoms with Crippen molar-refractivity contribution in [3.63, 3.8) is 0 Å². The number of carbonyl (C=O) groups is 1. The molecule has 3 heterocycles. The molecule has 0 aliphatic rings. The molecule has 0 atom stereocenters. The number of aromatic nitrogens is 4. The van der Waals surface area contributed by atoms with E-state index in [4.69, 9.17) is 9.47 Å². The van der Waals surface area contributed by atoms with Crippen molar-refractivity contribution in [2.24, 2.45) is 0 Å². The van der Waals surface area contributed by atoms with Gasteiger partial charge in [0, 0.05) is 29.7 Å². The van der Waals surface area contributed by atoms with Crippen LogP contribution in [0, 0.1) is 0 Å². The fourth-order valence-electron chi connectivity index (χ4n) is 2.06. The first-order valence-corrected chi connectivity index (χ1v) is 7.65. The van der Waals surface area contributed by atoms with Crippen LogP contribution in [0.5, 0.6) is 5.75 Å². The molecule has 12 heteroatoms. The number of alkyl halides is 3. The van der Waals surface area contributed by atoms with Crippen molar-refractivity contribution in [2.45, 2.75) is 12.8 Å². The summed E-state index contributed by atoms with van der Waals surface area (Å²) in [5.74, 6) is -1.10. The second-order valence-electron chi connectivity index (χ2n) is 5.24. The van der Waals surface area contributed by atoms with Gasteiger partial charge in [-0.25, -0.2) is 9.78 Å². The van der Waals surface area contributed by atoms with E-state index < -0.39 is 18.2 Å². The summed E-state index contributed by atoms with van der Waals surface area (Å²) in [5.41, 5.74) is 0.749. The third kappa shape index (κ3) is 4.52. The number of halogens is 3. The molecule has 0 unspecified atom stereocenters. The molecular formula is C16H12F3N5O4. The zero-order valence-electron chi connectivity index (χ0n) is 14.2. The third-order valence-corrected chi connectivity index (χ3v) is 3.36. The largest absolute Gasteiger partial charge is 0.496 e. The lowest BCUT2D eigenvalue weighted by atomic mass is 10.2. The summed E-state index contributed by atoms with van der Waals surface area (Å²) in [6.07, 6.45) is -1.30. The van der Waals surface area contributed by atoms with Gasteiger partial charge in [0.1, 0.15) is 18.2 Å². The fraction of sp³-hybridized carbons (Fsp3) is 0.188. The number of nitrogens with zero attached hydrogens (tertiary/aromatic N) is 4. The number of nitrogens with one attached hydrogen (secondary N) is 1. The molecule has 0 spiro atoms. The highest BCUT2D eigenvalue weighted by Crippen LogP contribution is 2.29. The third-order valence-electron chi connectivity index (χ3n) is 3.36. The molecule has 9 nitrogen and oxygen atoms in total. The summed E-state index contributed by atoms with van der Waals surface area (Å²) in [6.45, 7) is -0.0794. The minimum absolute atomic E-state index is 0.0794. The smallest absolute Gasteiger partial charge is 0.471 e. The molecule has 1 amide bonds. The molecule has 3 aromatic heterocycles. The van der Waals surface area contributed by atoms with Crippen molar-refractivity contribution in [1.82, 2.24) is 20.1 Å². The van der Waals surface area contributed by atoms with Crippen molar-refractivity contribution < 1.29 is 32.0 Å². The maximum absolute atomic E-state index is 12.5. The van der Waals surface area contributed by atoms with Gasteiger partial charge in [-0.05, 0) is 18.2 Å². The van der Waals surface area contributed by atoms with E-state index >= 15 is 0 Å². The van der Waals surface area contributed by atoms with Crippen molar-refractivity contribution in [3.05, 3.63) is 48.2 Å².